The van der Waals surface area contributed by atoms with Crippen molar-refractivity contribution in [3.8, 4) is 0 Å². The summed E-state index contributed by atoms with van der Waals surface area (Å²) in [6.45, 7) is 1.67. The second-order valence-electron chi connectivity index (χ2n) is 4.38. The quantitative estimate of drug-likeness (QED) is 0.379. The lowest BCUT2D eigenvalue weighted by atomic mass is 9.94. The maximum atomic E-state index is 12.0. The SMILES string of the molecule is COC(=O)C1=C(C)NC(=S)N[C@@H]1c1ccccc1[N+](=O)[O-]. The first-order valence-electron chi connectivity index (χ1n) is 6.05. The summed E-state index contributed by atoms with van der Waals surface area (Å²) < 4.78 is 4.76. The van der Waals surface area contributed by atoms with Gasteiger partial charge in [-0.05, 0) is 25.2 Å². The summed E-state index contributed by atoms with van der Waals surface area (Å²) in [5, 5.41) is 17.2. The number of allylic oxidation sites excluding steroid dienone is 1. The highest BCUT2D eigenvalue weighted by Crippen LogP contribution is 2.33. The molecule has 1 heterocycles. The van der Waals surface area contributed by atoms with Gasteiger partial charge in [0.15, 0.2) is 5.11 Å². The van der Waals surface area contributed by atoms with Crippen LogP contribution in [0.4, 0.5) is 5.69 Å². The minimum Gasteiger partial charge on any atom is -0.466 e. The van der Waals surface area contributed by atoms with Crippen molar-refractivity contribution >= 4 is 29.0 Å². The number of hydrogen-bond donors (Lipinski definition) is 2. The Morgan fingerprint density at radius 1 is 1.43 bits per heavy atom. The van der Waals surface area contributed by atoms with Crippen molar-refractivity contribution in [2.45, 2.75) is 13.0 Å². The molecule has 7 nitrogen and oxygen atoms in total. The average molecular weight is 307 g/mol. The Labute approximate surface area is 126 Å². The molecular formula is C13H13N3O4S. The van der Waals surface area contributed by atoms with Crippen LogP contribution in [-0.2, 0) is 9.53 Å². The van der Waals surface area contributed by atoms with Crippen LogP contribution in [0.2, 0.25) is 0 Å². The Hall–Kier alpha value is -2.48. The van der Waals surface area contributed by atoms with Crippen LogP contribution in [0.25, 0.3) is 0 Å². The zero-order chi connectivity index (χ0) is 15.6. The van der Waals surface area contributed by atoms with E-state index >= 15 is 0 Å². The molecule has 110 valence electrons. The van der Waals surface area contributed by atoms with E-state index in [1.807, 2.05) is 0 Å². The van der Waals surface area contributed by atoms with Crippen LogP contribution in [0.3, 0.4) is 0 Å². The molecule has 0 unspecified atom stereocenters. The summed E-state index contributed by atoms with van der Waals surface area (Å²) in [5.41, 5.74) is 1.04. The monoisotopic (exact) mass is 307 g/mol. The lowest BCUT2D eigenvalue weighted by Gasteiger charge is -2.29. The first kappa shape index (κ1) is 14.9. The molecule has 8 heteroatoms. The maximum absolute atomic E-state index is 12.0. The molecule has 2 rings (SSSR count). The number of para-hydroxylation sites is 1. The van der Waals surface area contributed by atoms with Gasteiger partial charge in [0.2, 0.25) is 0 Å². The van der Waals surface area contributed by atoms with Gasteiger partial charge in [0.25, 0.3) is 5.69 Å². The fraction of sp³-hybridized carbons (Fsp3) is 0.231. The molecule has 0 aliphatic carbocycles. The van der Waals surface area contributed by atoms with Crippen LogP contribution in [0, 0.1) is 10.1 Å². The summed E-state index contributed by atoms with van der Waals surface area (Å²) in [5.74, 6) is -0.571. The minimum absolute atomic E-state index is 0.0890. The molecule has 0 spiro atoms. The molecule has 1 aromatic rings. The average Bonchev–Trinajstić information content (AvgIpc) is 2.45. The second-order valence-corrected chi connectivity index (χ2v) is 4.79. The van der Waals surface area contributed by atoms with Crippen molar-refractivity contribution in [1.29, 1.82) is 0 Å². The van der Waals surface area contributed by atoms with Gasteiger partial charge >= 0.3 is 5.97 Å². The van der Waals surface area contributed by atoms with Gasteiger partial charge in [0.05, 0.1) is 29.2 Å². The van der Waals surface area contributed by atoms with E-state index in [0.29, 0.717) is 16.4 Å². The number of methoxy groups -OCH3 is 1. The number of ether oxygens (including phenoxy) is 1. The van der Waals surface area contributed by atoms with E-state index in [1.54, 1.807) is 25.1 Å². The number of nitrogens with zero attached hydrogens (tertiary/aromatic N) is 1. The van der Waals surface area contributed by atoms with Crippen molar-refractivity contribution < 1.29 is 14.5 Å². The summed E-state index contributed by atoms with van der Waals surface area (Å²) in [6.07, 6.45) is 0. The third-order valence-electron chi connectivity index (χ3n) is 3.12. The molecule has 0 amide bonds. The predicted molar refractivity (Wildman–Crippen MR) is 79.4 cm³/mol. The molecule has 0 aromatic heterocycles. The molecule has 0 fully saturated rings. The van der Waals surface area contributed by atoms with Crippen LogP contribution < -0.4 is 10.6 Å². The van der Waals surface area contributed by atoms with E-state index in [1.165, 1.54) is 13.2 Å². The summed E-state index contributed by atoms with van der Waals surface area (Å²) in [7, 11) is 1.26. The zero-order valence-corrected chi connectivity index (χ0v) is 12.2. The third-order valence-corrected chi connectivity index (χ3v) is 3.34. The Balaban J connectivity index is 2.60. The minimum atomic E-state index is -0.729. The molecule has 2 N–H and O–H groups in total. The van der Waals surface area contributed by atoms with Gasteiger partial charge in [0, 0.05) is 11.8 Å². The van der Waals surface area contributed by atoms with Crippen molar-refractivity contribution in [2.24, 2.45) is 0 Å². The molecule has 1 atom stereocenters. The first-order chi connectivity index (χ1) is 9.95. The number of carbonyl (C=O) groups excluding carboxylic acids is 1. The van der Waals surface area contributed by atoms with E-state index in [0.717, 1.165) is 0 Å². The number of esters is 1. The van der Waals surface area contributed by atoms with Gasteiger partial charge in [0.1, 0.15) is 0 Å². The normalized spacial score (nSPS) is 17.8. The van der Waals surface area contributed by atoms with Gasteiger partial charge in [-0.3, -0.25) is 10.1 Å². The molecule has 1 aromatic carbocycles. The highest BCUT2D eigenvalue weighted by molar-refractivity contribution is 7.80. The number of thiocarbonyl (C=S) groups is 1. The summed E-state index contributed by atoms with van der Waals surface area (Å²) >= 11 is 5.07. The van der Waals surface area contributed by atoms with Crippen LogP contribution in [0.1, 0.15) is 18.5 Å². The molecule has 21 heavy (non-hydrogen) atoms. The Kier molecular flexibility index (Phi) is 4.18. The van der Waals surface area contributed by atoms with E-state index in [-0.39, 0.29) is 11.3 Å². The van der Waals surface area contributed by atoms with Gasteiger partial charge in [-0.2, -0.15) is 0 Å². The lowest BCUT2D eigenvalue weighted by Crippen LogP contribution is -2.45. The molecule has 1 aliphatic heterocycles. The molecule has 0 saturated heterocycles. The van der Waals surface area contributed by atoms with Crippen LogP contribution in [0.5, 0.6) is 0 Å². The standard InChI is InChI=1S/C13H13N3O4S/c1-7-10(12(17)20-2)11(15-13(21)14-7)8-5-3-4-6-9(8)16(18)19/h3-6,11H,1-2H3,(H2,14,15,21)/t11-/m1/s1. The Morgan fingerprint density at radius 2 is 2.10 bits per heavy atom. The number of nitrogens with one attached hydrogen (secondary N) is 2. The largest absolute Gasteiger partial charge is 0.466 e. The van der Waals surface area contributed by atoms with Gasteiger partial charge in [-0.25, -0.2) is 4.79 Å². The Morgan fingerprint density at radius 3 is 2.71 bits per heavy atom. The predicted octanol–water partition coefficient (Wildman–Crippen LogP) is 1.56. The lowest BCUT2D eigenvalue weighted by molar-refractivity contribution is -0.385. The molecule has 0 radical (unpaired) electrons. The second kappa shape index (κ2) is 5.88. The number of carbonyl (C=O) groups is 1. The van der Waals surface area contributed by atoms with E-state index < -0.39 is 16.9 Å². The fourth-order valence-corrected chi connectivity index (χ4v) is 2.48. The highest BCUT2D eigenvalue weighted by Gasteiger charge is 2.34. The van der Waals surface area contributed by atoms with Gasteiger partial charge < -0.3 is 15.4 Å². The number of benzene rings is 1. The van der Waals surface area contributed by atoms with Gasteiger partial charge in [-0.15, -0.1) is 0 Å². The first-order valence-corrected chi connectivity index (χ1v) is 6.46. The van der Waals surface area contributed by atoms with E-state index in [4.69, 9.17) is 17.0 Å². The van der Waals surface area contributed by atoms with Crippen molar-refractivity contribution in [3.63, 3.8) is 0 Å². The van der Waals surface area contributed by atoms with Crippen molar-refractivity contribution in [2.75, 3.05) is 7.11 Å². The van der Waals surface area contributed by atoms with Crippen molar-refractivity contribution in [1.82, 2.24) is 10.6 Å². The fourth-order valence-electron chi connectivity index (χ4n) is 2.21. The van der Waals surface area contributed by atoms with Crippen molar-refractivity contribution in [3.05, 3.63) is 51.2 Å². The molecule has 0 bridgehead atoms. The van der Waals surface area contributed by atoms with Crippen LogP contribution in [0.15, 0.2) is 35.5 Å². The third kappa shape index (κ3) is 2.84. The summed E-state index contributed by atoms with van der Waals surface area (Å²) in [6, 6.07) is 5.47. The topological polar surface area (TPSA) is 93.5 Å². The number of nitro groups is 1. The Bertz CT molecular complexity index is 657. The smallest absolute Gasteiger partial charge is 0.337 e. The number of nitro benzene ring substituents is 1. The summed E-state index contributed by atoms with van der Waals surface area (Å²) in [4.78, 5) is 22.7. The highest BCUT2D eigenvalue weighted by atomic mass is 32.1. The molecule has 1 aliphatic rings. The molecular weight excluding hydrogens is 294 g/mol. The van der Waals surface area contributed by atoms with Gasteiger partial charge in [-0.1, -0.05) is 12.1 Å². The van der Waals surface area contributed by atoms with E-state index in [9.17, 15) is 14.9 Å². The number of hydrogen-bond acceptors (Lipinski definition) is 5. The van der Waals surface area contributed by atoms with Crippen LogP contribution in [-0.4, -0.2) is 23.1 Å². The maximum Gasteiger partial charge on any atom is 0.337 e. The molecule has 0 saturated carbocycles. The van der Waals surface area contributed by atoms with Crippen LogP contribution >= 0.6 is 12.2 Å². The van der Waals surface area contributed by atoms with E-state index in [2.05, 4.69) is 10.6 Å². The zero-order valence-electron chi connectivity index (χ0n) is 11.4. The number of rotatable bonds is 3.